The molecule has 1 atom stereocenters. The number of nitrogens with one attached hydrogen (secondary N) is 1. The highest BCUT2D eigenvalue weighted by Crippen LogP contribution is 2.21. The Morgan fingerprint density at radius 2 is 1.55 bits per heavy atom. The van der Waals surface area contributed by atoms with E-state index in [9.17, 15) is 19.5 Å². The lowest BCUT2D eigenvalue weighted by atomic mass is 10.0. The van der Waals surface area contributed by atoms with Crippen LogP contribution in [0, 0.1) is 0 Å². The molecule has 2 N–H and O–H groups in total. The first-order valence-electron chi connectivity index (χ1n) is 10.6. The molecule has 0 unspecified atom stereocenters. The highest BCUT2D eigenvalue weighted by molar-refractivity contribution is 7.98. The summed E-state index contributed by atoms with van der Waals surface area (Å²) in [6.45, 7) is 1.79. The molecule has 0 aromatic heterocycles. The van der Waals surface area contributed by atoms with Crippen molar-refractivity contribution in [1.82, 2.24) is 10.2 Å². The van der Waals surface area contributed by atoms with Crippen LogP contribution in [0.4, 0.5) is 4.79 Å². The van der Waals surface area contributed by atoms with Gasteiger partial charge in [0.1, 0.15) is 6.04 Å². The molecule has 0 saturated heterocycles. The van der Waals surface area contributed by atoms with Gasteiger partial charge in [-0.3, -0.25) is 9.69 Å². The van der Waals surface area contributed by atoms with Gasteiger partial charge in [0.05, 0.1) is 0 Å². The topological polar surface area (TPSA) is 86.7 Å². The van der Waals surface area contributed by atoms with Crippen LogP contribution in [0.25, 0.3) is 11.1 Å². The smallest absolute Gasteiger partial charge is 0.327 e. The van der Waals surface area contributed by atoms with Crippen LogP contribution < -0.4 is 5.32 Å². The number of benzene rings is 3. The number of carbonyl (C=O) groups is 3. The third-order valence-electron chi connectivity index (χ3n) is 5.02. The second-order valence-corrected chi connectivity index (χ2v) is 8.37. The summed E-state index contributed by atoms with van der Waals surface area (Å²) in [5.41, 5.74) is 3.25. The molecule has 170 valence electrons. The maximum Gasteiger partial charge on any atom is 0.327 e. The number of carboxylic acid groups (broad SMARTS) is 1. The minimum atomic E-state index is -1.14. The van der Waals surface area contributed by atoms with Gasteiger partial charge in [0.2, 0.25) is 0 Å². The van der Waals surface area contributed by atoms with E-state index in [0.29, 0.717) is 11.3 Å². The lowest BCUT2D eigenvalue weighted by molar-refractivity contribution is -0.138. The third-order valence-corrected chi connectivity index (χ3v) is 6.12. The summed E-state index contributed by atoms with van der Waals surface area (Å²) in [6.07, 6.45) is 0. The fourth-order valence-electron chi connectivity index (χ4n) is 3.27. The van der Waals surface area contributed by atoms with Crippen LogP contribution in [0.1, 0.15) is 22.8 Å². The first-order valence-corrected chi connectivity index (χ1v) is 11.8. The van der Waals surface area contributed by atoms with Gasteiger partial charge in [-0.25, -0.2) is 9.59 Å². The number of urea groups is 1. The summed E-state index contributed by atoms with van der Waals surface area (Å²) < 4.78 is 0. The standard InChI is InChI=1S/C26H26N2O4S/c1-2-28(24(29)22-15-9-14-21(16-22)20-12-7-4-8-13-20)26(32)27-23(25(30)31)18-33-17-19-10-5-3-6-11-19/h3-16,23H,2,17-18H2,1H3,(H,27,32)(H,30,31)/t23-/m0/s1. The molecule has 0 saturated carbocycles. The largest absolute Gasteiger partial charge is 0.480 e. The number of aliphatic carboxylic acids is 1. The first-order chi connectivity index (χ1) is 16.0. The highest BCUT2D eigenvalue weighted by Gasteiger charge is 2.27. The van der Waals surface area contributed by atoms with Crippen molar-refractivity contribution < 1.29 is 19.5 Å². The Morgan fingerprint density at radius 1 is 0.909 bits per heavy atom. The molecule has 0 aliphatic carbocycles. The number of amides is 3. The predicted octanol–water partition coefficient (Wildman–Crippen LogP) is 4.91. The zero-order valence-electron chi connectivity index (χ0n) is 18.3. The van der Waals surface area contributed by atoms with E-state index in [1.54, 1.807) is 25.1 Å². The van der Waals surface area contributed by atoms with Crippen molar-refractivity contribution in [1.29, 1.82) is 0 Å². The molecule has 6 nitrogen and oxygen atoms in total. The van der Waals surface area contributed by atoms with Crippen LogP contribution >= 0.6 is 11.8 Å². The summed E-state index contributed by atoms with van der Waals surface area (Å²) in [6, 6.07) is 24.5. The van der Waals surface area contributed by atoms with E-state index in [-0.39, 0.29) is 12.3 Å². The summed E-state index contributed by atoms with van der Waals surface area (Å²) >= 11 is 1.41. The number of rotatable bonds is 9. The third kappa shape index (κ3) is 6.70. The van der Waals surface area contributed by atoms with Crippen molar-refractivity contribution >= 4 is 29.7 Å². The quantitative estimate of drug-likeness (QED) is 0.472. The van der Waals surface area contributed by atoms with E-state index in [2.05, 4.69) is 5.32 Å². The summed E-state index contributed by atoms with van der Waals surface area (Å²) in [7, 11) is 0. The van der Waals surface area contributed by atoms with Gasteiger partial charge in [-0.2, -0.15) is 11.8 Å². The zero-order valence-corrected chi connectivity index (χ0v) is 19.1. The fourth-order valence-corrected chi connectivity index (χ4v) is 4.28. The second-order valence-electron chi connectivity index (χ2n) is 7.34. The molecule has 33 heavy (non-hydrogen) atoms. The van der Waals surface area contributed by atoms with E-state index in [1.165, 1.54) is 11.8 Å². The van der Waals surface area contributed by atoms with Gasteiger partial charge < -0.3 is 10.4 Å². The molecule has 0 aliphatic rings. The molecule has 0 bridgehead atoms. The molecule has 0 fully saturated rings. The minimum absolute atomic E-state index is 0.115. The lowest BCUT2D eigenvalue weighted by Crippen LogP contribution is -2.51. The van der Waals surface area contributed by atoms with Gasteiger partial charge in [0.15, 0.2) is 0 Å². The van der Waals surface area contributed by atoms with Crippen molar-refractivity contribution in [3.63, 3.8) is 0 Å². The van der Waals surface area contributed by atoms with E-state index in [1.807, 2.05) is 66.7 Å². The van der Waals surface area contributed by atoms with Gasteiger partial charge in [-0.1, -0.05) is 72.8 Å². The number of carbonyl (C=O) groups excluding carboxylic acids is 2. The maximum atomic E-state index is 13.1. The molecule has 0 aliphatic heterocycles. The molecular weight excluding hydrogens is 436 g/mol. The Hall–Kier alpha value is -3.58. The monoisotopic (exact) mass is 462 g/mol. The van der Waals surface area contributed by atoms with Gasteiger partial charge in [0, 0.05) is 23.6 Å². The molecular formula is C26H26N2O4S. The van der Waals surface area contributed by atoms with Crippen molar-refractivity contribution in [2.24, 2.45) is 0 Å². The Balaban J connectivity index is 1.66. The Bertz CT molecular complexity index is 1090. The van der Waals surface area contributed by atoms with E-state index in [4.69, 9.17) is 0 Å². The highest BCUT2D eigenvalue weighted by atomic mass is 32.2. The van der Waals surface area contributed by atoms with Crippen molar-refractivity contribution in [3.05, 3.63) is 96.1 Å². The average molecular weight is 463 g/mol. The van der Waals surface area contributed by atoms with E-state index in [0.717, 1.165) is 21.6 Å². The molecule has 0 heterocycles. The Kier molecular flexibility index (Phi) is 8.66. The summed E-state index contributed by atoms with van der Waals surface area (Å²) in [4.78, 5) is 38.6. The predicted molar refractivity (Wildman–Crippen MR) is 131 cm³/mol. The van der Waals surface area contributed by atoms with Gasteiger partial charge >= 0.3 is 12.0 Å². The SMILES string of the molecule is CCN(C(=O)N[C@@H](CSCc1ccccc1)C(=O)O)C(=O)c1cccc(-c2ccccc2)c1. The van der Waals surface area contributed by atoms with E-state index < -0.39 is 23.9 Å². The number of thioether (sulfide) groups is 1. The summed E-state index contributed by atoms with van der Waals surface area (Å²) in [5.74, 6) is -0.804. The molecule has 3 aromatic carbocycles. The second kappa shape index (κ2) is 11.9. The number of nitrogens with zero attached hydrogens (tertiary/aromatic N) is 1. The van der Waals surface area contributed by atoms with Crippen LogP contribution in [-0.4, -0.2) is 46.3 Å². The molecule has 3 aromatic rings. The number of imide groups is 1. The molecule has 0 spiro atoms. The Morgan fingerprint density at radius 3 is 2.18 bits per heavy atom. The molecule has 3 amide bonds. The zero-order chi connectivity index (χ0) is 23.6. The number of hydrogen-bond acceptors (Lipinski definition) is 4. The van der Waals surface area contributed by atoms with Crippen molar-refractivity contribution in [3.8, 4) is 11.1 Å². The summed E-state index contributed by atoms with van der Waals surface area (Å²) in [5, 5.41) is 12.1. The van der Waals surface area contributed by atoms with Crippen molar-refractivity contribution in [2.75, 3.05) is 12.3 Å². The number of hydrogen-bond donors (Lipinski definition) is 2. The van der Waals surface area contributed by atoms with Crippen LogP contribution in [0.3, 0.4) is 0 Å². The van der Waals surface area contributed by atoms with Crippen molar-refractivity contribution in [2.45, 2.75) is 18.7 Å². The normalized spacial score (nSPS) is 11.4. The van der Waals surface area contributed by atoms with Crippen LogP contribution in [0.2, 0.25) is 0 Å². The van der Waals surface area contributed by atoms with Crippen LogP contribution in [-0.2, 0) is 10.5 Å². The molecule has 0 radical (unpaired) electrons. The lowest BCUT2D eigenvalue weighted by Gasteiger charge is -2.22. The maximum absolute atomic E-state index is 13.1. The van der Waals surface area contributed by atoms with Crippen LogP contribution in [0.5, 0.6) is 0 Å². The van der Waals surface area contributed by atoms with Gasteiger partial charge in [-0.15, -0.1) is 0 Å². The molecule has 3 rings (SSSR count). The molecule has 7 heteroatoms. The van der Waals surface area contributed by atoms with Crippen LogP contribution in [0.15, 0.2) is 84.9 Å². The minimum Gasteiger partial charge on any atom is -0.480 e. The first kappa shape index (κ1) is 24.1. The number of carboxylic acids is 1. The van der Waals surface area contributed by atoms with Gasteiger partial charge in [0.25, 0.3) is 5.91 Å². The Labute approximate surface area is 197 Å². The van der Waals surface area contributed by atoms with E-state index >= 15 is 0 Å². The van der Waals surface area contributed by atoms with Gasteiger partial charge in [-0.05, 0) is 35.7 Å². The fraction of sp³-hybridized carbons (Fsp3) is 0.192. The average Bonchev–Trinajstić information content (AvgIpc) is 2.85.